The topological polar surface area (TPSA) is 47.6 Å². The van der Waals surface area contributed by atoms with E-state index in [0.29, 0.717) is 5.75 Å². The largest absolute Gasteiger partial charge is 0.454 e. The lowest BCUT2D eigenvalue weighted by atomic mass is 10.2. The molecule has 0 saturated heterocycles. The van der Waals surface area contributed by atoms with Crippen LogP contribution in [0.4, 0.5) is 0 Å². The number of carbonyl (C=O) groups is 1. The third kappa shape index (κ3) is 4.81. The summed E-state index contributed by atoms with van der Waals surface area (Å²) in [6, 6.07) is 4.14. The molecule has 1 aromatic carbocycles. The Hall–Kier alpha value is -0.880. The molecule has 1 aliphatic heterocycles. The Bertz CT molecular complexity index is 510. The second-order valence-electron chi connectivity index (χ2n) is 5.05. The molecule has 0 spiro atoms. The highest BCUT2D eigenvalue weighted by Crippen LogP contribution is 2.38. The maximum atomic E-state index is 11.8. The maximum Gasteiger partial charge on any atom is 0.231 e. The summed E-state index contributed by atoms with van der Waals surface area (Å²) in [5.74, 6) is 2.86. The second-order valence-corrected chi connectivity index (χ2v) is 6.89. The van der Waals surface area contributed by atoms with Gasteiger partial charge >= 0.3 is 0 Å². The van der Waals surface area contributed by atoms with Crippen molar-refractivity contribution < 1.29 is 14.3 Å². The number of fused-ring (bicyclic) bond motifs is 1. The summed E-state index contributed by atoms with van der Waals surface area (Å²) in [6.45, 7) is 4.44. The van der Waals surface area contributed by atoms with Gasteiger partial charge in [-0.3, -0.25) is 4.79 Å². The molecule has 0 radical (unpaired) electrons. The Morgan fingerprint density at radius 2 is 2.14 bits per heavy atom. The monoisotopic (exact) mass is 373 g/mol. The van der Waals surface area contributed by atoms with E-state index in [4.69, 9.17) is 9.47 Å². The average Bonchev–Trinajstić information content (AvgIpc) is 2.86. The van der Waals surface area contributed by atoms with E-state index < -0.39 is 0 Å². The van der Waals surface area contributed by atoms with Gasteiger partial charge in [0.2, 0.25) is 12.7 Å². The van der Waals surface area contributed by atoms with Crippen molar-refractivity contribution in [3.8, 4) is 11.5 Å². The molecule has 1 heterocycles. The molecular weight excluding hydrogens is 354 g/mol. The number of ether oxygens (including phenoxy) is 2. The second kappa shape index (κ2) is 7.94. The Morgan fingerprint density at radius 3 is 2.86 bits per heavy atom. The molecule has 0 saturated carbocycles. The maximum absolute atomic E-state index is 11.8. The number of nitrogens with one attached hydrogen (secondary N) is 1. The van der Waals surface area contributed by atoms with Gasteiger partial charge in [-0.1, -0.05) is 29.3 Å². The van der Waals surface area contributed by atoms with E-state index in [9.17, 15) is 4.79 Å². The zero-order chi connectivity index (χ0) is 15.2. The molecular formula is C15H20BrNO3S. The summed E-state index contributed by atoms with van der Waals surface area (Å²) >= 11 is 5.12. The highest BCUT2D eigenvalue weighted by atomic mass is 79.9. The van der Waals surface area contributed by atoms with Gasteiger partial charge in [0.05, 0.1) is 5.75 Å². The Balaban J connectivity index is 1.80. The summed E-state index contributed by atoms with van der Waals surface area (Å²) in [7, 11) is 0. The molecule has 1 aliphatic rings. The average molecular weight is 374 g/mol. The van der Waals surface area contributed by atoms with Gasteiger partial charge in [-0.2, -0.15) is 0 Å². The van der Waals surface area contributed by atoms with Crippen molar-refractivity contribution >= 4 is 33.6 Å². The highest BCUT2D eigenvalue weighted by molar-refractivity contribution is 9.10. The van der Waals surface area contributed by atoms with Crippen molar-refractivity contribution in [3.05, 3.63) is 22.2 Å². The van der Waals surface area contributed by atoms with Crippen LogP contribution >= 0.6 is 27.7 Å². The molecule has 0 fully saturated rings. The van der Waals surface area contributed by atoms with E-state index in [-0.39, 0.29) is 18.7 Å². The predicted molar refractivity (Wildman–Crippen MR) is 88.9 cm³/mol. The number of hydrogen-bond donors (Lipinski definition) is 1. The van der Waals surface area contributed by atoms with Crippen LogP contribution < -0.4 is 14.8 Å². The Kier molecular flexibility index (Phi) is 6.23. The number of amides is 1. The van der Waals surface area contributed by atoms with Crippen LogP contribution in [0, 0.1) is 0 Å². The molecule has 1 amide bonds. The lowest BCUT2D eigenvalue weighted by molar-refractivity contribution is -0.119. The predicted octanol–water partition coefficient (Wildman–Crippen LogP) is 3.72. The first-order valence-corrected chi connectivity index (χ1v) is 9.00. The first-order valence-electron chi connectivity index (χ1n) is 7.05. The van der Waals surface area contributed by atoms with Crippen LogP contribution in [0.5, 0.6) is 11.5 Å². The minimum Gasteiger partial charge on any atom is -0.454 e. The lowest BCUT2D eigenvalue weighted by Gasteiger charge is -2.12. The summed E-state index contributed by atoms with van der Waals surface area (Å²) in [4.78, 5) is 11.8. The fraction of sp³-hybridized carbons (Fsp3) is 0.533. The number of benzene rings is 1. The zero-order valence-electron chi connectivity index (χ0n) is 12.3. The molecule has 1 atom stereocenters. The number of rotatable bonds is 7. The summed E-state index contributed by atoms with van der Waals surface area (Å²) in [5.41, 5.74) is 1.11. The smallest absolute Gasteiger partial charge is 0.231 e. The third-order valence-electron chi connectivity index (χ3n) is 3.16. The van der Waals surface area contributed by atoms with Crippen LogP contribution in [0.1, 0.15) is 32.3 Å². The molecule has 21 heavy (non-hydrogen) atoms. The van der Waals surface area contributed by atoms with Crippen molar-refractivity contribution in [2.75, 3.05) is 12.5 Å². The molecule has 1 N–H and O–H groups in total. The van der Waals surface area contributed by atoms with Gasteiger partial charge in [-0.05, 0) is 31.0 Å². The van der Waals surface area contributed by atoms with Gasteiger partial charge in [0.15, 0.2) is 11.5 Å². The Labute approximate surface area is 138 Å². The van der Waals surface area contributed by atoms with Crippen molar-refractivity contribution in [3.63, 3.8) is 0 Å². The number of hydrogen-bond acceptors (Lipinski definition) is 4. The first kappa shape index (κ1) is 16.5. The van der Waals surface area contributed by atoms with Crippen LogP contribution in [0.15, 0.2) is 16.6 Å². The van der Waals surface area contributed by atoms with E-state index >= 15 is 0 Å². The van der Waals surface area contributed by atoms with Crippen LogP contribution in [0.25, 0.3) is 0 Å². The minimum atomic E-state index is 0.0952. The molecule has 1 aromatic rings. The normalized spacial score (nSPS) is 14.0. The van der Waals surface area contributed by atoms with Gasteiger partial charge in [0.1, 0.15) is 0 Å². The van der Waals surface area contributed by atoms with Crippen molar-refractivity contribution in [1.29, 1.82) is 0 Å². The molecule has 6 heteroatoms. The van der Waals surface area contributed by atoms with Gasteiger partial charge in [-0.15, -0.1) is 11.8 Å². The highest BCUT2D eigenvalue weighted by Gasteiger charge is 2.16. The van der Waals surface area contributed by atoms with Crippen molar-refractivity contribution in [1.82, 2.24) is 5.32 Å². The number of carbonyl (C=O) groups excluding carboxylic acids is 1. The molecule has 4 nitrogen and oxygen atoms in total. The van der Waals surface area contributed by atoms with Crippen LogP contribution in [0.3, 0.4) is 0 Å². The first-order chi connectivity index (χ1) is 10.1. The zero-order valence-corrected chi connectivity index (χ0v) is 14.7. The molecule has 0 aromatic heterocycles. The minimum absolute atomic E-state index is 0.0952. The van der Waals surface area contributed by atoms with E-state index in [1.165, 1.54) is 0 Å². The fourth-order valence-corrected chi connectivity index (χ4v) is 3.62. The number of thioether (sulfide) groups is 1. The van der Waals surface area contributed by atoms with E-state index in [1.807, 2.05) is 19.1 Å². The molecule has 0 unspecified atom stereocenters. The molecule has 0 bridgehead atoms. The quantitative estimate of drug-likeness (QED) is 0.790. The molecule has 116 valence electrons. The van der Waals surface area contributed by atoms with Crippen molar-refractivity contribution in [2.24, 2.45) is 0 Å². The van der Waals surface area contributed by atoms with Crippen LogP contribution in [-0.4, -0.2) is 24.5 Å². The van der Waals surface area contributed by atoms with Gasteiger partial charge in [0.25, 0.3) is 0 Å². The van der Waals surface area contributed by atoms with E-state index in [0.717, 1.165) is 40.1 Å². The lowest BCUT2D eigenvalue weighted by Crippen LogP contribution is -2.33. The Morgan fingerprint density at radius 1 is 1.43 bits per heavy atom. The molecule has 0 aliphatic carbocycles. The summed E-state index contributed by atoms with van der Waals surface area (Å²) < 4.78 is 11.7. The number of halogens is 1. The van der Waals surface area contributed by atoms with E-state index in [1.54, 1.807) is 11.8 Å². The van der Waals surface area contributed by atoms with Crippen LogP contribution in [-0.2, 0) is 10.5 Å². The third-order valence-corrected chi connectivity index (χ3v) is 4.88. The SMILES string of the molecule is CCC[C@H](C)NC(=O)CSCc1cc2c(cc1Br)OCO2. The van der Waals surface area contributed by atoms with Crippen molar-refractivity contribution in [2.45, 2.75) is 38.5 Å². The summed E-state index contributed by atoms with van der Waals surface area (Å²) in [5, 5.41) is 3.01. The summed E-state index contributed by atoms with van der Waals surface area (Å²) in [6.07, 6.45) is 2.10. The van der Waals surface area contributed by atoms with Gasteiger partial charge in [0, 0.05) is 16.3 Å². The van der Waals surface area contributed by atoms with Gasteiger partial charge in [-0.25, -0.2) is 0 Å². The molecule has 2 rings (SSSR count). The van der Waals surface area contributed by atoms with Crippen LogP contribution in [0.2, 0.25) is 0 Å². The standard InChI is InChI=1S/C15H20BrNO3S/c1-3-4-10(2)17-15(18)8-21-7-11-5-13-14(6-12(11)16)20-9-19-13/h5-6,10H,3-4,7-9H2,1-2H3,(H,17,18)/t10-/m0/s1. The van der Waals surface area contributed by atoms with Gasteiger partial charge < -0.3 is 14.8 Å². The fourth-order valence-electron chi connectivity index (χ4n) is 2.15. The van der Waals surface area contributed by atoms with E-state index in [2.05, 4.69) is 28.2 Å².